The van der Waals surface area contributed by atoms with E-state index in [-0.39, 0.29) is 0 Å². The number of hydrogen-bond donors (Lipinski definition) is 0. The fourth-order valence-electron chi connectivity index (χ4n) is 2.39. The van der Waals surface area contributed by atoms with Crippen molar-refractivity contribution in [2.24, 2.45) is 0 Å². The lowest BCUT2D eigenvalue weighted by molar-refractivity contribution is 0.0970. The SMILES string of the molecule is CSc1sc(-c2cccnc2)c2c1C(=O)CCC2. The molecule has 3 rings (SSSR count). The van der Waals surface area contributed by atoms with E-state index in [9.17, 15) is 4.79 Å². The predicted octanol–water partition coefficient (Wildman–Crippen LogP) is 4.05. The van der Waals surface area contributed by atoms with Crippen LogP contribution in [0, 0.1) is 0 Å². The maximum Gasteiger partial charge on any atom is 0.165 e. The number of thiophene rings is 1. The van der Waals surface area contributed by atoms with Crippen molar-refractivity contribution in [3.8, 4) is 10.4 Å². The molecule has 0 aliphatic heterocycles. The van der Waals surface area contributed by atoms with Crippen LogP contribution in [0.15, 0.2) is 28.7 Å². The zero-order chi connectivity index (χ0) is 12.5. The molecule has 0 bridgehead atoms. The Morgan fingerprint density at radius 1 is 1.39 bits per heavy atom. The topological polar surface area (TPSA) is 30.0 Å². The molecule has 2 aromatic rings. The number of hydrogen-bond acceptors (Lipinski definition) is 4. The van der Waals surface area contributed by atoms with E-state index in [1.165, 1.54) is 10.4 Å². The van der Waals surface area contributed by atoms with Crippen LogP contribution in [0.3, 0.4) is 0 Å². The highest BCUT2D eigenvalue weighted by Gasteiger charge is 2.26. The number of nitrogens with zero attached hydrogens (tertiary/aromatic N) is 1. The first-order valence-electron chi connectivity index (χ1n) is 5.94. The molecule has 0 saturated carbocycles. The maximum absolute atomic E-state index is 12.1. The molecular formula is C14H13NOS2. The lowest BCUT2D eigenvalue weighted by atomic mass is 9.91. The van der Waals surface area contributed by atoms with Gasteiger partial charge in [-0.2, -0.15) is 0 Å². The van der Waals surface area contributed by atoms with Crippen molar-refractivity contribution in [1.29, 1.82) is 0 Å². The molecule has 2 aromatic heterocycles. The summed E-state index contributed by atoms with van der Waals surface area (Å²) in [6.45, 7) is 0. The lowest BCUT2D eigenvalue weighted by Crippen LogP contribution is -2.09. The summed E-state index contributed by atoms with van der Waals surface area (Å²) in [6, 6.07) is 4.02. The normalized spacial score (nSPS) is 14.6. The summed E-state index contributed by atoms with van der Waals surface area (Å²) in [6.07, 6.45) is 8.40. The zero-order valence-electron chi connectivity index (χ0n) is 10.1. The van der Waals surface area contributed by atoms with E-state index in [0.717, 1.165) is 28.2 Å². The summed E-state index contributed by atoms with van der Waals surface area (Å²) in [7, 11) is 0. The van der Waals surface area contributed by atoms with Gasteiger partial charge in [-0.05, 0) is 30.7 Å². The minimum atomic E-state index is 0.312. The van der Waals surface area contributed by atoms with Gasteiger partial charge in [0.2, 0.25) is 0 Å². The molecule has 0 spiro atoms. The van der Waals surface area contributed by atoms with Crippen molar-refractivity contribution >= 4 is 28.9 Å². The van der Waals surface area contributed by atoms with E-state index < -0.39 is 0 Å². The van der Waals surface area contributed by atoms with E-state index in [1.807, 2.05) is 18.5 Å². The molecule has 0 unspecified atom stereocenters. The Balaban J connectivity index is 2.20. The molecule has 2 nitrogen and oxygen atoms in total. The maximum atomic E-state index is 12.1. The number of thioether (sulfide) groups is 1. The van der Waals surface area contributed by atoms with Gasteiger partial charge < -0.3 is 0 Å². The zero-order valence-corrected chi connectivity index (χ0v) is 11.7. The van der Waals surface area contributed by atoms with Crippen molar-refractivity contribution in [1.82, 2.24) is 4.98 Å². The number of carbonyl (C=O) groups is 1. The second-order valence-electron chi connectivity index (χ2n) is 4.29. The van der Waals surface area contributed by atoms with Crippen molar-refractivity contribution in [3.05, 3.63) is 35.7 Å². The van der Waals surface area contributed by atoms with Crippen LogP contribution < -0.4 is 0 Å². The van der Waals surface area contributed by atoms with Gasteiger partial charge in [0, 0.05) is 34.8 Å². The standard InChI is InChI=1S/C14H13NOS2/c1-17-14-12-10(5-2-6-11(12)16)13(18-14)9-4-3-7-15-8-9/h3-4,7-8H,2,5-6H2,1H3. The van der Waals surface area contributed by atoms with Crippen molar-refractivity contribution in [3.63, 3.8) is 0 Å². The van der Waals surface area contributed by atoms with Gasteiger partial charge in [-0.3, -0.25) is 9.78 Å². The second-order valence-corrected chi connectivity index (χ2v) is 6.39. The monoisotopic (exact) mass is 275 g/mol. The molecule has 0 amide bonds. The summed E-state index contributed by atoms with van der Waals surface area (Å²) < 4.78 is 1.16. The fourth-order valence-corrected chi connectivity index (χ4v) is 4.50. The van der Waals surface area contributed by atoms with Crippen LogP contribution in [-0.2, 0) is 6.42 Å². The minimum absolute atomic E-state index is 0.312. The van der Waals surface area contributed by atoms with Crippen LogP contribution in [0.2, 0.25) is 0 Å². The minimum Gasteiger partial charge on any atom is -0.294 e. The van der Waals surface area contributed by atoms with Gasteiger partial charge in [-0.1, -0.05) is 6.07 Å². The largest absolute Gasteiger partial charge is 0.294 e. The molecular weight excluding hydrogens is 262 g/mol. The molecule has 0 aromatic carbocycles. The van der Waals surface area contributed by atoms with Crippen molar-refractivity contribution < 1.29 is 4.79 Å². The highest BCUT2D eigenvalue weighted by atomic mass is 32.2. The number of pyridine rings is 1. The molecule has 4 heteroatoms. The highest BCUT2D eigenvalue weighted by Crippen LogP contribution is 2.44. The molecule has 0 N–H and O–H groups in total. The van der Waals surface area contributed by atoms with Gasteiger partial charge >= 0.3 is 0 Å². The molecule has 92 valence electrons. The summed E-state index contributed by atoms with van der Waals surface area (Å²) in [5, 5.41) is 0. The van der Waals surface area contributed by atoms with Gasteiger partial charge in [-0.15, -0.1) is 23.1 Å². The van der Waals surface area contributed by atoms with Crippen LogP contribution in [0.5, 0.6) is 0 Å². The summed E-state index contributed by atoms with van der Waals surface area (Å²) in [4.78, 5) is 17.5. The van der Waals surface area contributed by atoms with E-state index >= 15 is 0 Å². The van der Waals surface area contributed by atoms with Gasteiger partial charge in [0.15, 0.2) is 5.78 Å². The molecule has 0 saturated heterocycles. The number of ketones is 1. The highest BCUT2D eigenvalue weighted by molar-refractivity contribution is 8.00. The predicted molar refractivity (Wildman–Crippen MR) is 76.6 cm³/mol. The Labute approximate surface area is 114 Å². The number of carbonyl (C=O) groups excluding carboxylic acids is 1. The van der Waals surface area contributed by atoms with Crippen LogP contribution in [0.4, 0.5) is 0 Å². The van der Waals surface area contributed by atoms with Crippen LogP contribution in [0.1, 0.15) is 28.8 Å². The average molecular weight is 275 g/mol. The molecule has 0 radical (unpaired) electrons. The fraction of sp³-hybridized carbons (Fsp3) is 0.286. The summed E-state index contributed by atoms with van der Waals surface area (Å²) >= 11 is 3.41. The molecule has 1 aliphatic rings. The Morgan fingerprint density at radius 3 is 3.00 bits per heavy atom. The second kappa shape index (κ2) is 4.86. The summed E-state index contributed by atoms with van der Waals surface area (Å²) in [5.74, 6) is 0.312. The third-order valence-corrected chi connectivity index (χ3v) is 5.59. The Hall–Kier alpha value is -1.13. The van der Waals surface area contributed by atoms with Crippen LogP contribution in [-0.4, -0.2) is 17.0 Å². The Bertz CT molecular complexity index is 589. The summed E-state index contributed by atoms with van der Waals surface area (Å²) in [5.41, 5.74) is 3.36. The third kappa shape index (κ3) is 1.89. The van der Waals surface area contributed by atoms with Crippen LogP contribution in [0.25, 0.3) is 10.4 Å². The molecule has 18 heavy (non-hydrogen) atoms. The van der Waals surface area contributed by atoms with Gasteiger partial charge in [0.1, 0.15) is 0 Å². The van der Waals surface area contributed by atoms with Crippen molar-refractivity contribution in [2.45, 2.75) is 23.5 Å². The smallest absolute Gasteiger partial charge is 0.165 e. The van der Waals surface area contributed by atoms with Gasteiger partial charge in [-0.25, -0.2) is 0 Å². The van der Waals surface area contributed by atoms with E-state index in [0.29, 0.717) is 12.2 Å². The number of rotatable bonds is 2. The molecule has 1 aliphatic carbocycles. The molecule has 0 atom stereocenters. The van der Waals surface area contributed by atoms with Crippen LogP contribution >= 0.6 is 23.1 Å². The Kier molecular flexibility index (Phi) is 3.22. The first-order valence-corrected chi connectivity index (χ1v) is 7.98. The number of aromatic nitrogens is 1. The number of fused-ring (bicyclic) bond motifs is 1. The quantitative estimate of drug-likeness (QED) is 0.774. The average Bonchev–Trinajstić information content (AvgIpc) is 2.80. The first-order chi connectivity index (χ1) is 8.81. The number of Topliss-reactive ketones (excluding diaryl/α,β-unsaturated/α-hetero) is 1. The molecule has 0 fully saturated rings. The van der Waals surface area contributed by atoms with E-state index in [2.05, 4.69) is 11.1 Å². The van der Waals surface area contributed by atoms with Gasteiger partial charge in [0.25, 0.3) is 0 Å². The first kappa shape index (κ1) is 11.9. The van der Waals surface area contributed by atoms with E-state index in [1.54, 1.807) is 29.3 Å². The molecule has 2 heterocycles. The van der Waals surface area contributed by atoms with E-state index in [4.69, 9.17) is 0 Å². The van der Waals surface area contributed by atoms with Crippen molar-refractivity contribution in [2.75, 3.05) is 6.26 Å². The third-order valence-electron chi connectivity index (χ3n) is 3.19. The lowest BCUT2D eigenvalue weighted by Gasteiger charge is -2.12. The van der Waals surface area contributed by atoms with Gasteiger partial charge in [0.05, 0.1) is 4.21 Å². The Morgan fingerprint density at radius 2 is 2.28 bits per heavy atom.